The van der Waals surface area contributed by atoms with Crippen LogP contribution in [0.1, 0.15) is 201 Å². The molecule has 3 saturated carbocycles. The molecule has 0 bridgehead atoms. The Hall–Kier alpha value is -3.06. The van der Waals surface area contributed by atoms with Crippen molar-refractivity contribution < 1.29 is 277 Å². The number of carboxylic acids is 3. The normalized spacial score (nSPS) is 18.0. The monoisotopic (exact) mass is 1910 g/mol. The molecule has 0 unspecified atom stereocenters. The minimum atomic E-state index is -1.08. The maximum Gasteiger partial charge on any atom is 1.00 e. The Morgan fingerprint density at radius 2 is 0.808 bits per heavy atom. The van der Waals surface area contributed by atoms with Gasteiger partial charge in [0, 0.05) is 68.9 Å². The summed E-state index contributed by atoms with van der Waals surface area (Å²) in [5.74, 6) is 5.13. The molecule has 3 saturated heterocycles. The number of carbonyl (C=O) groups excluding carboxylic acids is 2. The van der Waals surface area contributed by atoms with Crippen LogP contribution in [-0.4, -0.2) is 134 Å². The molecule has 32 heteroatoms. The first-order valence-corrected chi connectivity index (χ1v) is 43.7. The first-order chi connectivity index (χ1) is 57.4. The SMILES string of the molecule is CC(=O)O.CC(=O)O.CC(=O)[O-].CC1(C)OB(B2OC(C)(C)C(C)(C)O2)OC1(C)C.CC1(C)OB(c2ccc3c(c2)Oc2cccc4c2B3c2ccccc2O4)OC1(C)C.COC1CCCC1.COc1cccc(C)c1-c1ccccc1P(C1CCCCC1)C1CCCCC1.Clc1ccc2c(c1)Oc1cccc3c1B2c1ccccc1O3.O=CO[O-].[H-].[K+].[K+].[K+].[Pd]. The summed E-state index contributed by atoms with van der Waals surface area (Å²) >= 11 is 6.14. The first kappa shape index (κ1) is 111. The molecule has 3 aliphatic carbocycles. The smallest absolute Gasteiger partial charge is 1.00 e. The van der Waals surface area contributed by atoms with Crippen molar-refractivity contribution >= 4 is 122 Å². The van der Waals surface area contributed by atoms with E-state index >= 15 is 0 Å². The molecular weight excluding hydrogens is 1800 g/mol. The predicted octanol–water partition coefficient (Wildman–Crippen LogP) is 5.54. The molecule has 18 rings (SSSR count). The molecular formula is C93H116B5ClK3O21PPd. The number of rotatable bonds is 9. The van der Waals surface area contributed by atoms with E-state index in [0.29, 0.717) is 11.1 Å². The van der Waals surface area contributed by atoms with Crippen molar-refractivity contribution in [3.63, 3.8) is 0 Å². The third kappa shape index (κ3) is 28.1. The van der Waals surface area contributed by atoms with Crippen LogP contribution in [0, 0.1) is 6.92 Å². The molecule has 0 aromatic heterocycles. The average Bonchev–Trinajstić information content (AvgIpc) is 0.947. The first-order valence-electron chi connectivity index (χ1n) is 41.9. The Balaban J connectivity index is 0.000000274. The van der Waals surface area contributed by atoms with E-state index in [0.717, 1.165) is 122 Å². The van der Waals surface area contributed by atoms with Crippen LogP contribution >= 0.6 is 19.5 Å². The predicted molar refractivity (Wildman–Crippen MR) is 479 cm³/mol. The van der Waals surface area contributed by atoms with Crippen LogP contribution in [0.2, 0.25) is 5.02 Å². The van der Waals surface area contributed by atoms with E-state index in [2.05, 4.69) is 118 Å². The summed E-state index contributed by atoms with van der Waals surface area (Å²) in [5, 5.41) is 34.5. The third-order valence-electron chi connectivity index (χ3n) is 24.4. The van der Waals surface area contributed by atoms with Crippen LogP contribution in [0.4, 0.5) is 0 Å². The fraction of sp³-hybridized carbons (Fsp3) is 0.441. The molecule has 0 spiro atoms. The largest absolute Gasteiger partial charge is 1.00 e. The van der Waals surface area contributed by atoms with Gasteiger partial charge in [-0.3, -0.25) is 14.4 Å². The molecule has 6 fully saturated rings. The van der Waals surface area contributed by atoms with Gasteiger partial charge in [-0.15, -0.1) is 0 Å². The second-order valence-corrected chi connectivity index (χ2v) is 37.7. The molecule has 7 aliphatic heterocycles. The number of halogens is 1. The number of methoxy groups -OCH3 is 2. The Kier molecular flexibility index (Phi) is 44.1. The number of hydrogen-bond acceptors (Lipinski definition) is 19. The van der Waals surface area contributed by atoms with Crippen molar-refractivity contribution in [2.75, 3.05) is 14.2 Å². The van der Waals surface area contributed by atoms with Crippen molar-refractivity contribution in [2.24, 2.45) is 0 Å². The summed E-state index contributed by atoms with van der Waals surface area (Å²) in [4.78, 5) is 38.1. The van der Waals surface area contributed by atoms with Crippen molar-refractivity contribution in [3.05, 3.63) is 174 Å². The van der Waals surface area contributed by atoms with E-state index in [1.165, 1.54) is 107 Å². The summed E-state index contributed by atoms with van der Waals surface area (Å²) in [6, 6.07) is 56.3. The Morgan fingerprint density at radius 3 is 1.20 bits per heavy atom. The van der Waals surface area contributed by atoms with Crippen molar-refractivity contribution in [1.29, 1.82) is 0 Å². The maximum absolute atomic E-state index is 9.00. The molecule has 8 aromatic rings. The molecule has 0 radical (unpaired) electrons. The van der Waals surface area contributed by atoms with Crippen LogP contribution in [0.25, 0.3) is 11.1 Å². The van der Waals surface area contributed by atoms with Crippen LogP contribution in [0.5, 0.6) is 51.7 Å². The number of carbonyl (C=O) groups is 4. The number of ether oxygens (including phenoxy) is 6. The van der Waals surface area contributed by atoms with Gasteiger partial charge >= 0.3 is 175 Å². The van der Waals surface area contributed by atoms with Crippen LogP contribution in [0.3, 0.4) is 0 Å². The Bertz CT molecular complexity index is 4770. The van der Waals surface area contributed by atoms with Crippen molar-refractivity contribution in [2.45, 2.75) is 252 Å². The number of benzene rings is 8. The van der Waals surface area contributed by atoms with Gasteiger partial charge in [-0.1, -0.05) is 174 Å². The molecule has 0 atom stereocenters. The number of fused-ring (bicyclic) bond motifs is 8. The molecule has 125 heavy (non-hydrogen) atoms. The summed E-state index contributed by atoms with van der Waals surface area (Å²) in [6.45, 7) is 29.9. The van der Waals surface area contributed by atoms with E-state index in [1.54, 1.807) is 12.4 Å². The Labute approximate surface area is 890 Å². The fourth-order valence-electron chi connectivity index (χ4n) is 16.5. The molecule has 0 amide bonds. The van der Waals surface area contributed by atoms with E-state index in [9.17, 15) is 0 Å². The third-order valence-corrected chi connectivity index (χ3v) is 28.2. The number of aryl methyl sites for hydroxylation is 1. The van der Waals surface area contributed by atoms with Gasteiger partial charge in [-0.25, -0.2) is 0 Å². The van der Waals surface area contributed by atoms with Crippen LogP contribution in [0.15, 0.2) is 164 Å². The summed E-state index contributed by atoms with van der Waals surface area (Å²) in [5.41, 5.74) is 11.5. The second-order valence-electron chi connectivity index (χ2n) is 34.5. The average molecular weight is 1910 g/mol. The molecule has 21 nitrogen and oxygen atoms in total. The van der Waals surface area contributed by atoms with Gasteiger partial charge in [-0.2, -0.15) is 0 Å². The van der Waals surface area contributed by atoms with E-state index < -0.39 is 39.0 Å². The number of hydrogen-bond donors (Lipinski definition) is 2. The van der Waals surface area contributed by atoms with Gasteiger partial charge in [0.2, 0.25) is 0 Å². The fourth-order valence-corrected chi connectivity index (χ4v) is 20.6. The Morgan fingerprint density at radius 1 is 0.472 bits per heavy atom. The number of para-hydroxylation sites is 2. The zero-order chi connectivity index (χ0) is 87.9. The number of carboxylic acid groups (broad SMARTS) is 3. The van der Waals surface area contributed by atoms with Gasteiger partial charge in [0.1, 0.15) is 51.7 Å². The zero-order valence-corrected chi connectivity index (χ0v) is 89.1. The molecule has 7 heterocycles. The van der Waals surface area contributed by atoms with Gasteiger partial charge in [0.05, 0.1) is 46.8 Å². The van der Waals surface area contributed by atoms with Gasteiger partial charge in [0.25, 0.3) is 31.8 Å². The van der Waals surface area contributed by atoms with Gasteiger partial charge < -0.3 is 88.0 Å². The molecule has 8 aromatic carbocycles. The van der Waals surface area contributed by atoms with Gasteiger partial charge in [0.15, 0.2) is 0 Å². The topological polar surface area (TPSA) is 275 Å². The van der Waals surface area contributed by atoms with Crippen molar-refractivity contribution in [1.82, 2.24) is 0 Å². The maximum atomic E-state index is 9.00. The number of aliphatic carboxylic acids is 3. The summed E-state index contributed by atoms with van der Waals surface area (Å²) < 4.78 is 71.9. The van der Waals surface area contributed by atoms with E-state index in [-0.39, 0.29) is 237 Å². The summed E-state index contributed by atoms with van der Waals surface area (Å²) in [7, 11) is 2.12. The minimum absolute atomic E-state index is 0. The summed E-state index contributed by atoms with van der Waals surface area (Å²) in [6.07, 6.45) is 20.3. The quantitative estimate of drug-likeness (QED) is 0.0590. The van der Waals surface area contributed by atoms with Crippen molar-refractivity contribution in [3.8, 4) is 62.9 Å². The standard InChI is InChI=1S/C26H35OP.C24H22B2O4.C18H10BClO2.C12H24B2O4.C6H12O.3C2H4O2.CH2O3.3K.Pd.H/c1-20-12-11-18-24(27-2)26(20)23-17-9-10-19-25(23)28(21-13-5-3-6-14-21)22-15-7-4-8-16-22;1-23(2)24(3,4)30-26(29-23)15-12-13-17-21(14-15)28-20-11-7-10-19-22(20)25(17)16-8-5-6-9-18(16)27-19;20-11-8-9-13-17(10-11)22-16-7-3-6-15-18(16)19(13)12-4-1-2-5-14(12)21-15;1-9(2)10(3,4)16-13(15-9)14-17-11(5,6)12(7,8)18-14;1-7-6-4-2-3-5-6;3*1-2(3)4;2-1-4-3;;;;;/h9-12,17-19,21-22H,3-8,13-16H2,1-2H3;5-14H,1-4H3;1-10H;1-8H3;6H,2-5H2,1H3;3*1H3,(H,3,4);1,3H;;;;;/q;;;;;;;;;3*+1;;-1/p-2. The van der Waals surface area contributed by atoms with Crippen LogP contribution in [-0.2, 0) is 77.2 Å². The molecule has 2 N–H and O–H groups in total. The molecule has 10 aliphatic rings. The molecule has 654 valence electrons. The van der Waals surface area contributed by atoms with E-state index in [1.807, 2.05) is 147 Å². The minimum Gasteiger partial charge on any atom is -1.00 e. The van der Waals surface area contributed by atoms with E-state index in [4.69, 9.17) is 108 Å². The second kappa shape index (κ2) is 49.8. The van der Waals surface area contributed by atoms with Gasteiger partial charge in [-0.05, 0) is 251 Å². The van der Waals surface area contributed by atoms with Crippen LogP contribution < -0.4 is 232 Å². The zero-order valence-electron chi connectivity index (χ0n) is 77.5.